The van der Waals surface area contributed by atoms with Crippen LogP contribution in [0.1, 0.15) is 44.0 Å². The standard InChI is InChI=1S/C11H20N2S/c1-2-3-4-5-6-10(12)9-11-13-7-8-14-11/h7-8,10H,2-6,9,12H2,1H3. The number of unbranched alkanes of at least 4 members (excludes halogenated alkanes) is 3. The molecule has 1 aromatic heterocycles. The van der Waals surface area contributed by atoms with Gasteiger partial charge in [0.05, 0.1) is 5.01 Å². The van der Waals surface area contributed by atoms with Gasteiger partial charge in [-0.1, -0.05) is 32.6 Å². The van der Waals surface area contributed by atoms with Gasteiger partial charge < -0.3 is 5.73 Å². The third-order valence-electron chi connectivity index (χ3n) is 2.35. The Morgan fingerprint density at radius 3 is 2.93 bits per heavy atom. The molecule has 1 aromatic rings. The summed E-state index contributed by atoms with van der Waals surface area (Å²) in [5, 5.41) is 3.19. The third-order valence-corrected chi connectivity index (χ3v) is 3.15. The van der Waals surface area contributed by atoms with Gasteiger partial charge in [-0.05, 0) is 6.42 Å². The molecule has 0 radical (unpaired) electrons. The quantitative estimate of drug-likeness (QED) is 0.706. The fourth-order valence-electron chi connectivity index (χ4n) is 1.51. The van der Waals surface area contributed by atoms with Gasteiger partial charge in [-0.25, -0.2) is 4.98 Å². The molecule has 1 rings (SSSR count). The summed E-state index contributed by atoms with van der Waals surface area (Å²) in [6.45, 7) is 2.23. The number of aromatic nitrogens is 1. The van der Waals surface area contributed by atoms with E-state index in [0.717, 1.165) is 12.8 Å². The third kappa shape index (κ3) is 4.72. The van der Waals surface area contributed by atoms with E-state index in [1.807, 2.05) is 11.6 Å². The van der Waals surface area contributed by atoms with Gasteiger partial charge in [0.25, 0.3) is 0 Å². The fourth-order valence-corrected chi connectivity index (χ4v) is 2.22. The number of rotatable bonds is 7. The molecule has 1 heterocycles. The van der Waals surface area contributed by atoms with Crippen LogP contribution >= 0.6 is 11.3 Å². The van der Waals surface area contributed by atoms with Gasteiger partial charge in [-0.2, -0.15) is 0 Å². The molecule has 0 aromatic carbocycles. The van der Waals surface area contributed by atoms with Gasteiger partial charge in [-0.3, -0.25) is 0 Å². The molecular weight excluding hydrogens is 192 g/mol. The molecule has 0 aliphatic heterocycles. The second-order valence-corrected chi connectivity index (χ2v) is 4.72. The van der Waals surface area contributed by atoms with Crippen molar-refractivity contribution in [1.29, 1.82) is 0 Å². The summed E-state index contributed by atoms with van der Waals surface area (Å²) in [5.74, 6) is 0. The fraction of sp³-hybridized carbons (Fsp3) is 0.727. The first-order chi connectivity index (χ1) is 6.83. The molecule has 2 N–H and O–H groups in total. The Morgan fingerprint density at radius 1 is 1.43 bits per heavy atom. The molecule has 0 spiro atoms. The summed E-state index contributed by atoms with van der Waals surface area (Å²) in [4.78, 5) is 4.24. The molecule has 0 bridgehead atoms. The average Bonchev–Trinajstić information content (AvgIpc) is 2.65. The van der Waals surface area contributed by atoms with Crippen molar-refractivity contribution in [3.63, 3.8) is 0 Å². The molecule has 1 atom stereocenters. The van der Waals surface area contributed by atoms with Crippen LogP contribution in [0.2, 0.25) is 0 Å². The highest BCUT2D eigenvalue weighted by atomic mass is 32.1. The zero-order chi connectivity index (χ0) is 10.2. The summed E-state index contributed by atoms with van der Waals surface area (Å²) < 4.78 is 0. The normalized spacial score (nSPS) is 13.0. The lowest BCUT2D eigenvalue weighted by atomic mass is 10.1. The van der Waals surface area contributed by atoms with Gasteiger partial charge in [0, 0.05) is 24.0 Å². The largest absolute Gasteiger partial charge is 0.327 e. The Kier molecular flexibility index (Phi) is 5.80. The lowest BCUT2D eigenvalue weighted by Crippen LogP contribution is -2.22. The molecule has 0 aliphatic carbocycles. The first-order valence-corrected chi connectivity index (χ1v) is 6.35. The van der Waals surface area contributed by atoms with Crippen molar-refractivity contribution < 1.29 is 0 Å². The maximum Gasteiger partial charge on any atom is 0.0940 e. The van der Waals surface area contributed by atoms with Crippen molar-refractivity contribution in [2.24, 2.45) is 5.73 Å². The maximum absolute atomic E-state index is 6.01. The molecule has 1 unspecified atom stereocenters. The Labute approximate surface area is 90.6 Å². The summed E-state index contributed by atoms with van der Waals surface area (Å²) in [5.41, 5.74) is 6.01. The van der Waals surface area contributed by atoms with Crippen LogP contribution < -0.4 is 5.73 Å². The molecule has 14 heavy (non-hydrogen) atoms. The maximum atomic E-state index is 6.01. The molecule has 80 valence electrons. The van der Waals surface area contributed by atoms with E-state index in [4.69, 9.17) is 5.73 Å². The van der Waals surface area contributed by atoms with E-state index in [2.05, 4.69) is 11.9 Å². The van der Waals surface area contributed by atoms with Crippen molar-refractivity contribution in [2.45, 2.75) is 51.5 Å². The molecular formula is C11H20N2S. The zero-order valence-corrected chi connectivity index (χ0v) is 9.72. The molecule has 3 heteroatoms. The minimum Gasteiger partial charge on any atom is -0.327 e. The van der Waals surface area contributed by atoms with Crippen LogP contribution in [0.3, 0.4) is 0 Å². The first kappa shape index (κ1) is 11.7. The second kappa shape index (κ2) is 6.96. The minimum absolute atomic E-state index is 0.304. The van der Waals surface area contributed by atoms with E-state index in [9.17, 15) is 0 Å². The number of thiazole rings is 1. The highest BCUT2D eigenvalue weighted by Gasteiger charge is 2.05. The van der Waals surface area contributed by atoms with E-state index in [-0.39, 0.29) is 0 Å². The van der Waals surface area contributed by atoms with Crippen LogP contribution in [0.4, 0.5) is 0 Å². The van der Waals surface area contributed by atoms with Crippen LogP contribution in [0.15, 0.2) is 11.6 Å². The predicted octanol–water partition coefficient (Wildman–Crippen LogP) is 2.98. The SMILES string of the molecule is CCCCCCC(N)Cc1nccs1. The summed E-state index contributed by atoms with van der Waals surface area (Å²) >= 11 is 1.70. The van der Waals surface area contributed by atoms with Gasteiger partial charge in [0.15, 0.2) is 0 Å². The van der Waals surface area contributed by atoms with Crippen molar-refractivity contribution in [3.05, 3.63) is 16.6 Å². The first-order valence-electron chi connectivity index (χ1n) is 5.47. The smallest absolute Gasteiger partial charge is 0.0940 e. The van der Waals surface area contributed by atoms with Gasteiger partial charge in [0.2, 0.25) is 0 Å². The van der Waals surface area contributed by atoms with E-state index in [1.54, 1.807) is 11.3 Å². The van der Waals surface area contributed by atoms with E-state index in [1.165, 1.54) is 30.7 Å². The molecule has 0 fully saturated rings. The molecule has 0 saturated carbocycles. The van der Waals surface area contributed by atoms with Crippen LogP contribution in [-0.2, 0) is 6.42 Å². The second-order valence-electron chi connectivity index (χ2n) is 3.74. The number of nitrogens with zero attached hydrogens (tertiary/aromatic N) is 1. The molecule has 0 aliphatic rings. The summed E-state index contributed by atoms with van der Waals surface area (Å²) in [7, 11) is 0. The minimum atomic E-state index is 0.304. The van der Waals surface area contributed by atoms with Crippen LogP contribution in [0, 0.1) is 0 Å². The predicted molar refractivity (Wildman–Crippen MR) is 62.6 cm³/mol. The lowest BCUT2D eigenvalue weighted by molar-refractivity contribution is 0.545. The van der Waals surface area contributed by atoms with Crippen molar-refractivity contribution in [1.82, 2.24) is 4.98 Å². The Bertz CT molecular complexity index is 221. The summed E-state index contributed by atoms with van der Waals surface area (Å²) in [6.07, 6.45) is 9.15. The van der Waals surface area contributed by atoms with E-state index in [0.29, 0.717) is 6.04 Å². The van der Waals surface area contributed by atoms with Crippen LogP contribution in [0.5, 0.6) is 0 Å². The Balaban J connectivity index is 2.07. The lowest BCUT2D eigenvalue weighted by Gasteiger charge is -2.08. The highest BCUT2D eigenvalue weighted by molar-refractivity contribution is 7.09. The number of hydrogen-bond acceptors (Lipinski definition) is 3. The Morgan fingerprint density at radius 2 is 2.29 bits per heavy atom. The van der Waals surface area contributed by atoms with Gasteiger partial charge in [-0.15, -0.1) is 11.3 Å². The molecule has 2 nitrogen and oxygen atoms in total. The summed E-state index contributed by atoms with van der Waals surface area (Å²) in [6, 6.07) is 0.304. The van der Waals surface area contributed by atoms with Gasteiger partial charge >= 0.3 is 0 Å². The molecule has 0 amide bonds. The monoisotopic (exact) mass is 212 g/mol. The number of hydrogen-bond donors (Lipinski definition) is 1. The van der Waals surface area contributed by atoms with Gasteiger partial charge in [0.1, 0.15) is 0 Å². The van der Waals surface area contributed by atoms with Crippen molar-refractivity contribution >= 4 is 11.3 Å². The van der Waals surface area contributed by atoms with Crippen molar-refractivity contribution in [3.8, 4) is 0 Å². The van der Waals surface area contributed by atoms with E-state index >= 15 is 0 Å². The van der Waals surface area contributed by atoms with Crippen LogP contribution in [0.25, 0.3) is 0 Å². The molecule has 0 saturated heterocycles. The van der Waals surface area contributed by atoms with E-state index < -0.39 is 0 Å². The zero-order valence-electron chi connectivity index (χ0n) is 8.91. The van der Waals surface area contributed by atoms with Crippen molar-refractivity contribution in [2.75, 3.05) is 0 Å². The average molecular weight is 212 g/mol. The Hall–Kier alpha value is -0.410. The highest BCUT2D eigenvalue weighted by Crippen LogP contribution is 2.10. The van der Waals surface area contributed by atoms with Crippen LogP contribution in [-0.4, -0.2) is 11.0 Å². The topological polar surface area (TPSA) is 38.9 Å². The number of nitrogens with two attached hydrogens (primary N) is 1.